The molecule has 8 heteroatoms. The van der Waals surface area contributed by atoms with Crippen molar-refractivity contribution in [3.63, 3.8) is 0 Å². The molecule has 8 nitrogen and oxygen atoms in total. The van der Waals surface area contributed by atoms with Crippen molar-refractivity contribution in [2.24, 2.45) is 0 Å². The van der Waals surface area contributed by atoms with Gasteiger partial charge in [-0.2, -0.15) is 0 Å². The van der Waals surface area contributed by atoms with Gasteiger partial charge in [0, 0.05) is 26.2 Å². The monoisotopic (exact) mass is 608 g/mol. The van der Waals surface area contributed by atoms with E-state index >= 15 is 0 Å². The number of carbonyl (C=O) groups excluding carboxylic acids is 1. The molecule has 1 atom stereocenters. The van der Waals surface area contributed by atoms with Crippen LogP contribution in [0.15, 0.2) is 78.9 Å². The minimum absolute atomic E-state index is 0.0495. The second kappa shape index (κ2) is 18.4. The van der Waals surface area contributed by atoms with Gasteiger partial charge < -0.3 is 33.9 Å². The van der Waals surface area contributed by atoms with Crippen LogP contribution in [0.1, 0.15) is 73.4 Å². The number of hydrogen-bond acceptors (Lipinski definition) is 8. The van der Waals surface area contributed by atoms with E-state index in [1.165, 1.54) is 30.7 Å². The Hall–Kier alpha value is -3.43. The number of hydrogen-bond donors (Lipinski definition) is 2. The summed E-state index contributed by atoms with van der Waals surface area (Å²) in [5.41, 5.74) is 0.442. The minimum atomic E-state index is -1.56. The van der Waals surface area contributed by atoms with E-state index in [0.29, 0.717) is 25.2 Å². The Labute approximate surface area is 261 Å². The molecular weight excluding hydrogens is 560 g/mol. The van der Waals surface area contributed by atoms with E-state index in [9.17, 15) is 15.0 Å². The molecule has 0 amide bonds. The lowest BCUT2D eigenvalue weighted by molar-refractivity contribution is -0.336. The smallest absolute Gasteiger partial charge is 0.338 e. The second-order valence-electron chi connectivity index (χ2n) is 11.0. The molecule has 1 unspecified atom stereocenters. The zero-order valence-corrected chi connectivity index (χ0v) is 26.3. The number of ether oxygens (including phenoxy) is 5. The number of benzene rings is 3. The highest BCUT2D eigenvalue weighted by atomic mass is 16.7. The van der Waals surface area contributed by atoms with E-state index in [4.69, 9.17) is 23.7 Å². The number of unbranched alkanes of at least 4 members (excludes halogenated alkanes) is 5. The van der Waals surface area contributed by atoms with Gasteiger partial charge in [-0.05, 0) is 54.8 Å². The molecule has 0 radical (unpaired) electrons. The van der Waals surface area contributed by atoms with Crippen LogP contribution in [-0.2, 0) is 35.9 Å². The van der Waals surface area contributed by atoms with Crippen molar-refractivity contribution in [1.29, 1.82) is 0 Å². The first kappa shape index (κ1) is 35.1. The summed E-state index contributed by atoms with van der Waals surface area (Å²) >= 11 is 0. The van der Waals surface area contributed by atoms with Gasteiger partial charge in [0.15, 0.2) is 5.60 Å². The molecule has 0 aliphatic rings. The van der Waals surface area contributed by atoms with Gasteiger partial charge in [-0.15, -0.1) is 0 Å². The standard InChI is InChI=1S/C36H48O8/c1-4-5-6-7-8-12-23-35(28-29-15-19-32(37)20-16-29,44-34(39)30-17-21-33(38)22-18-30)36(42-26-24-40-2,43-27-25-41-3)31-13-10-9-11-14-31/h9-11,13-22,37-38H,4-8,12,23-28H2,1-3H3. The summed E-state index contributed by atoms with van der Waals surface area (Å²) in [6.07, 6.45) is 6.86. The van der Waals surface area contributed by atoms with E-state index in [-0.39, 0.29) is 36.7 Å². The molecule has 0 saturated heterocycles. The number of carbonyl (C=O) groups is 1. The lowest BCUT2D eigenvalue weighted by Gasteiger charge is -2.49. The number of methoxy groups -OCH3 is 2. The van der Waals surface area contributed by atoms with Crippen LogP contribution >= 0.6 is 0 Å². The highest BCUT2D eigenvalue weighted by molar-refractivity contribution is 5.90. The average Bonchev–Trinajstić information content (AvgIpc) is 3.04. The van der Waals surface area contributed by atoms with E-state index in [1.807, 2.05) is 42.5 Å². The van der Waals surface area contributed by atoms with Crippen LogP contribution in [0.2, 0.25) is 0 Å². The third-order valence-electron chi connectivity index (χ3n) is 7.69. The third-order valence-corrected chi connectivity index (χ3v) is 7.69. The zero-order chi connectivity index (χ0) is 31.7. The molecule has 3 rings (SSSR count). The van der Waals surface area contributed by atoms with Crippen molar-refractivity contribution in [2.75, 3.05) is 40.6 Å². The van der Waals surface area contributed by atoms with Crippen LogP contribution < -0.4 is 0 Å². The van der Waals surface area contributed by atoms with E-state index in [2.05, 4.69) is 6.92 Å². The topological polar surface area (TPSA) is 104 Å². The normalized spacial score (nSPS) is 13.0. The van der Waals surface area contributed by atoms with Gasteiger partial charge in [0.2, 0.25) is 5.79 Å². The molecule has 3 aromatic rings. The summed E-state index contributed by atoms with van der Waals surface area (Å²) in [5, 5.41) is 19.9. The lowest BCUT2D eigenvalue weighted by Crippen LogP contribution is -2.59. The van der Waals surface area contributed by atoms with E-state index in [0.717, 1.165) is 37.7 Å². The first-order chi connectivity index (χ1) is 21.4. The van der Waals surface area contributed by atoms with Gasteiger partial charge in [0.05, 0.1) is 32.0 Å². The number of phenolic OH excluding ortho intramolecular Hbond substituents is 2. The maximum atomic E-state index is 14.0. The Morgan fingerprint density at radius 2 is 1.23 bits per heavy atom. The molecule has 0 aromatic heterocycles. The molecule has 0 aliphatic heterocycles. The SMILES string of the molecule is CCCCCCCCC(Cc1ccc(O)cc1)(OC(=O)c1ccc(O)cc1)C(OCCOC)(OCCOC)c1ccccc1. The first-order valence-corrected chi connectivity index (χ1v) is 15.5. The molecule has 0 heterocycles. The maximum Gasteiger partial charge on any atom is 0.338 e. The fourth-order valence-corrected chi connectivity index (χ4v) is 5.42. The fourth-order valence-electron chi connectivity index (χ4n) is 5.42. The van der Waals surface area contributed by atoms with E-state index < -0.39 is 17.4 Å². The summed E-state index contributed by atoms with van der Waals surface area (Å²) < 4.78 is 30.9. The van der Waals surface area contributed by atoms with Crippen LogP contribution in [0.5, 0.6) is 11.5 Å². The summed E-state index contributed by atoms with van der Waals surface area (Å²) in [5.74, 6) is -1.94. The maximum absolute atomic E-state index is 14.0. The molecule has 44 heavy (non-hydrogen) atoms. The van der Waals surface area contributed by atoms with Gasteiger partial charge in [-0.3, -0.25) is 0 Å². The van der Waals surface area contributed by atoms with Crippen LogP contribution in [0.25, 0.3) is 0 Å². The number of rotatable bonds is 21. The molecule has 0 spiro atoms. The van der Waals surface area contributed by atoms with Crippen LogP contribution in [0.4, 0.5) is 0 Å². The Kier molecular flexibility index (Phi) is 14.7. The molecule has 0 fully saturated rings. The predicted octanol–water partition coefficient (Wildman–Crippen LogP) is 7.17. The molecule has 240 valence electrons. The molecule has 0 saturated carbocycles. The second-order valence-corrected chi connectivity index (χ2v) is 11.0. The Balaban J connectivity index is 2.23. The molecular formula is C36H48O8. The largest absolute Gasteiger partial charge is 0.508 e. The highest BCUT2D eigenvalue weighted by Gasteiger charge is 2.58. The highest BCUT2D eigenvalue weighted by Crippen LogP contribution is 2.47. The van der Waals surface area contributed by atoms with Gasteiger partial charge >= 0.3 is 5.97 Å². The van der Waals surface area contributed by atoms with Crippen molar-refractivity contribution in [3.05, 3.63) is 95.6 Å². The first-order valence-electron chi connectivity index (χ1n) is 15.5. The Morgan fingerprint density at radius 3 is 1.80 bits per heavy atom. The van der Waals surface area contributed by atoms with Crippen LogP contribution in [-0.4, -0.2) is 62.4 Å². The van der Waals surface area contributed by atoms with Crippen molar-refractivity contribution < 1.29 is 38.7 Å². The molecule has 2 N–H and O–H groups in total. The summed E-state index contributed by atoms with van der Waals surface area (Å²) in [6, 6.07) is 22.4. The van der Waals surface area contributed by atoms with Crippen molar-refractivity contribution >= 4 is 5.97 Å². The van der Waals surface area contributed by atoms with Gasteiger partial charge in [-0.1, -0.05) is 81.5 Å². The van der Waals surface area contributed by atoms with Crippen molar-refractivity contribution in [1.82, 2.24) is 0 Å². The van der Waals surface area contributed by atoms with Crippen LogP contribution in [0, 0.1) is 0 Å². The quantitative estimate of drug-likeness (QED) is 0.0746. The van der Waals surface area contributed by atoms with E-state index in [1.54, 1.807) is 26.4 Å². The molecule has 0 bridgehead atoms. The van der Waals surface area contributed by atoms with Crippen LogP contribution in [0.3, 0.4) is 0 Å². The zero-order valence-electron chi connectivity index (χ0n) is 26.3. The average molecular weight is 609 g/mol. The number of phenols is 2. The summed E-state index contributed by atoms with van der Waals surface area (Å²) in [7, 11) is 3.20. The summed E-state index contributed by atoms with van der Waals surface area (Å²) in [4.78, 5) is 14.0. The molecule has 0 aliphatic carbocycles. The van der Waals surface area contributed by atoms with Gasteiger partial charge in [0.1, 0.15) is 11.5 Å². The Morgan fingerprint density at radius 1 is 0.682 bits per heavy atom. The van der Waals surface area contributed by atoms with Crippen molar-refractivity contribution in [2.45, 2.75) is 69.7 Å². The summed E-state index contributed by atoms with van der Waals surface area (Å²) in [6.45, 7) is 3.11. The Bertz CT molecular complexity index is 1200. The minimum Gasteiger partial charge on any atom is -0.508 e. The predicted molar refractivity (Wildman–Crippen MR) is 170 cm³/mol. The molecule has 3 aromatic carbocycles. The van der Waals surface area contributed by atoms with Gasteiger partial charge in [0.25, 0.3) is 0 Å². The number of esters is 1. The van der Waals surface area contributed by atoms with Crippen molar-refractivity contribution in [3.8, 4) is 11.5 Å². The van der Waals surface area contributed by atoms with Gasteiger partial charge in [-0.25, -0.2) is 4.79 Å². The lowest BCUT2D eigenvalue weighted by atomic mass is 9.77. The number of aromatic hydroxyl groups is 2. The third kappa shape index (κ3) is 9.79. The fraction of sp³-hybridized carbons (Fsp3) is 0.472.